The third kappa shape index (κ3) is 6.85. The summed E-state index contributed by atoms with van der Waals surface area (Å²) in [7, 11) is 0. The number of hydrogen-bond acceptors (Lipinski definition) is 2. The van der Waals surface area contributed by atoms with Crippen LogP contribution in [-0.4, -0.2) is 12.1 Å². The molecule has 1 N–H and O–H groups in total. The predicted octanol–water partition coefficient (Wildman–Crippen LogP) is 5.17. The highest BCUT2D eigenvalue weighted by Crippen LogP contribution is 2.17. The number of hydrazone groups is 1. The van der Waals surface area contributed by atoms with Gasteiger partial charge >= 0.3 is 0 Å². The van der Waals surface area contributed by atoms with Crippen LogP contribution in [0, 0.1) is 6.92 Å². The topological polar surface area (TPSA) is 41.5 Å². The minimum atomic E-state index is -0.215. The number of allylic oxidation sites excluding steroid dienone is 4. The summed E-state index contributed by atoms with van der Waals surface area (Å²) in [5, 5.41) is 3.95. The van der Waals surface area contributed by atoms with Crippen LogP contribution >= 0.6 is 15.9 Å². The first-order valence-electron chi connectivity index (χ1n) is 7.29. The van der Waals surface area contributed by atoms with Gasteiger partial charge in [-0.1, -0.05) is 39.2 Å². The van der Waals surface area contributed by atoms with Gasteiger partial charge in [0, 0.05) is 16.3 Å². The molecule has 0 fully saturated rings. The molecule has 0 atom stereocenters. The molecule has 1 rings (SSSR count). The van der Waals surface area contributed by atoms with Crippen molar-refractivity contribution in [1.82, 2.24) is 5.43 Å². The van der Waals surface area contributed by atoms with Crippen molar-refractivity contribution in [3.8, 4) is 0 Å². The maximum Gasteiger partial charge on any atom is 0.271 e. The predicted molar refractivity (Wildman–Crippen MR) is 97.3 cm³/mol. The first kappa shape index (κ1) is 18.4. The van der Waals surface area contributed by atoms with Crippen LogP contribution in [0.1, 0.15) is 49.5 Å². The van der Waals surface area contributed by atoms with Crippen molar-refractivity contribution < 1.29 is 4.79 Å². The number of carbonyl (C=O) groups is 1. The summed E-state index contributed by atoms with van der Waals surface area (Å²) in [5.41, 5.74) is 6.76. The summed E-state index contributed by atoms with van der Waals surface area (Å²) in [6, 6.07) is 5.47. The zero-order chi connectivity index (χ0) is 16.5. The number of aryl methyl sites for hydroxylation is 1. The van der Waals surface area contributed by atoms with E-state index in [0.29, 0.717) is 5.56 Å². The Morgan fingerprint density at radius 1 is 1.32 bits per heavy atom. The number of rotatable bonds is 6. The van der Waals surface area contributed by atoms with E-state index in [1.165, 1.54) is 11.1 Å². The zero-order valence-electron chi connectivity index (χ0n) is 13.6. The fourth-order valence-corrected chi connectivity index (χ4v) is 2.11. The van der Waals surface area contributed by atoms with Gasteiger partial charge in [0.15, 0.2) is 0 Å². The smallest absolute Gasteiger partial charge is 0.267 e. The molecule has 1 aromatic rings. The van der Waals surface area contributed by atoms with E-state index in [9.17, 15) is 4.79 Å². The lowest BCUT2D eigenvalue weighted by atomic mass is 10.1. The van der Waals surface area contributed by atoms with Crippen LogP contribution in [0.4, 0.5) is 0 Å². The molecule has 4 heteroatoms. The third-order valence-corrected chi connectivity index (χ3v) is 3.98. The van der Waals surface area contributed by atoms with E-state index in [0.717, 1.165) is 22.9 Å². The number of nitrogens with one attached hydrogen (secondary N) is 1. The zero-order valence-corrected chi connectivity index (χ0v) is 15.2. The molecular formula is C18H23BrN2O. The van der Waals surface area contributed by atoms with Crippen molar-refractivity contribution in [2.75, 3.05) is 0 Å². The monoisotopic (exact) mass is 362 g/mol. The quantitative estimate of drug-likeness (QED) is 0.423. The van der Waals surface area contributed by atoms with Crippen molar-refractivity contribution >= 4 is 28.1 Å². The van der Waals surface area contributed by atoms with Crippen LogP contribution in [0.3, 0.4) is 0 Å². The number of benzene rings is 1. The highest BCUT2D eigenvalue weighted by molar-refractivity contribution is 9.10. The molecule has 1 aromatic carbocycles. The van der Waals surface area contributed by atoms with Gasteiger partial charge in [0.2, 0.25) is 0 Å². The van der Waals surface area contributed by atoms with E-state index < -0.39 is 0 Å². The van der Waals surface area contributed by atoms with Crippen LogP contribution in [0.5, 0.6) is 0 Å². The maximum absolute atomic E-state index is 11.9. The Kier molecular flexibility index (Phi) is 7.82. The minimum Gasteiger partial charge on any atom is -0.267 e. The van der Waals surface area contributed by atoms with Crippen molar-refractivity contribution in [3.63, 3.8) is 0 Å². The van der Waals surface area contributed by atoms with Gasteiger partial charge in [-0.15, -0.1) is 0 Å². The first-order valence-corrected chi connectivity index (χ1v) is 8.08. The standard InChI is InChI=1S/C18H23BrN2O/c1-13(2)6-5-7-14(3)10-11-20-21-18(22)16-9-8-15(4)17(19)12-16/h6,8-12H,5,7H2,1-4H3,(H,21,22). The molecule has 22 heavy (non-hydrogen) atoms. The normalized spacial score (nSPS) is 11.6. The Hall–Kier alpha value is -1.68. The van der Waals surface area contributed by atoms with Gasteiger partial charge in [0.1, 0.15) is 0 Å². The van der Waals surface area contributed by atoms with E-state index in [-0.39, 0.29) is 5.91 Å². The summed E-state index contributed by atoms with van der Waals surface area (Å²) in [5.74, 6) is -0.215. The Morgan fingerprint density at radius 3 is 2.68 bits per heavy atom. The van der Waals surface area contributed by atoms with E-state index in [4.69, 9.17) is 0 Å². The molecule has 0 aliphatic rings. The van der Waals surface area contributed by atoms with Crippen LogP contribution < -0.4 is 5.43 Å². The van der Waals surface area contributed by atoms with E-state index in [1.54, 1.807) is 18.3 Å². The lowest BCUT2D eigenvalue weighted by Gasteiger charge is -2.02. The van der Waals surface area contributed by atoms with Gasteiger partial charge in [-0.25, -0.2) is 5.43 Å². The Balaban J connectivity index is 2.49. The molecule has 0 aromatic heterocycles. The van der Waals surface area contributed by atoms with E-state index in [2.05, 4.69) is 53.3 Å². The van der Waals surface area contributed by atoms with Gasteiger partial charge in [-0.3, -0.25) is 4.79 Å². The van der Waals surface area contributed by atoms with E-state index >= 15 is 0 Å². The second kappa shape index (κ2) is 9.36. The summed E-state index contributed by atoms with van der Waals surface area (Å²) in [4.78, 5) is 11.9. The average molecular weight is 363 g/mol. The van der Waals surface area contributed by atoms with Gasteiger partial charge in [-0.2, -0.15) is 5.10 Å². The van der Waals surface area contributed by atoms with Crippen molar-refractivity contribution in [1.29, 1.82) is 0 Å². The molecule has 0 saturated carbocycles. The van der Waals surface area contributed by atoms with Gasteiger partial charge in [0.25, 0.3) is 5.91 Å². The Morgan fingerprint density at radius 2 is 2.05 bits per heavy atom. The molecular weight excluding hydrogens is 340 g/mol. The maximum atomic E-state index is 11.9. The molecule has 0 heterocycles. The molecule has 0 radical (unpaired) electrons. The lowest BCUT2D eigenvalue weighted by molar-refractivity contribution is 0.0955. The highest BCUT2D eigenvalue weighted by atomic mass is 79.9. The van der Waals surface area contributed by atoms with Gasteiger partial charge in [-0.05, 0) is 64.3 Å². The van der Waals surface area contributed by atoms with Crippen molar-refractivity contribution in [3.05, 3.63) is 57.1 Å². The molecule has 0 saturated heterocycles. The summed E-state index contributed by atoms with van der Waals surface area (Å²) >= 11 is 3.42. The highest BCUT2D eigenvalue weighted by Gasteiger charge is 2.05. The molecule has 0 unspecified atom stereocenters. The van der Waals surface area contributed by atoms with Gasteiger partial charge in [0.05, 0.1) is 0 Å². The van der Waals surface area contributed by atoms with Crippen molar-refractivity contribution in [2.45, 2.75) is 40.5 Å². The second-order valence-corrected chi connectivity index (χ2v) is 6.37. The first-order chi connectivity index (χ1) is 10.4. The van der Waals surface area contributed by atoms with Crippen LogP contribution in [-0.2, 0) is 0 Å². The summed E-state index contributed by atoms with van der Waals surface area (Å²) in [6.07, 6.45) is 7.78. The molecule has 1 amide bonds. The fourth-order valence-electron chi connectivity index (χ4n) is 1.73. The average Bonchev–Trinajstić information content (AvgIpc) is 2.46. The third-order valence-electron chi connectivity index (χ3n) is 3.12. The Labute approximate surface area is 141 Å². The number of hydrogen-bond donors (Lipinski definition) is 1. The summed E-state index contributed by atoms with van der Waals surface area (Å²) < 4.78 is 0.916. The van der Waals surface area contributed by atoms with Crippen LogP contribution in [0.15, 0.2) is 51.1 Å². The number of amides is 1. The van der Waals surface area contributed by atoms with Crippen LogP contribution in [0.2, 0.25) is 0 Å². The Bertz CT molecular complexity index is 612. The molecule has 0 bridgehead atoms. The molecule has 3 nitrogen and oxygen atoms in total. The van der Waals surface area contributed by atoms with Gasteiger partial charge < -0.3 is 0 Å². The largest absolute Gasteiger partial charge is 0.271 e. The fraction of sp³-hybridized carbons (Fsp3) is 0.333. The molecule has 0 spiro atoms. The number of halogens is 1. The number of nitrogens with zero attached hydrogens (tertiary/aromatic N) is 1. The number of carbonyl (C=O) groups excluding carboxylic acids is 1. The van der Waals surface area contributed by atoms with Crippen LogP contribution in [0.25, 0.3) is 0 Å². The van der Waals surface area contributed by atoms with Crippen molar-refractivity contribution in [2.24, 2.45) is 5.10 Å². The SMILES string of the molecule is CC(C)=CCCC(C)=CC=NNC(=O)c1ccc(C)c(Br)c1. The minimum absolute atomic E-state index is 0.215. The molecule has 0 aliphatic heterocycles. The summed E-state index contributed by atoms with van der Waals surface area (Å²) in [6.45, 7) is 8.23. The molecule has 118 valence electrons. The van der Waals surface area contributed by atoms with E-state index in [1.807, 2.05) is 19.1 Å². The molecule has 0 aliphatic carbocycles. The second-order valence-electron chi connectivity index (χ2n) is 5.52. The lowest BCUT2D eigenvalue weighted by Crippen LogP contribution is -2.17.